The molecule has 0 rings (SSSR count). The van der Waals surface area contributed by atoms with E-state index < -0.39 is 17.9 Å². The maximum Gasteiger partial charge on any atom is 0.303 e. The quantitative estimate of drug-likeness (QED) is 0.0350. The third-order valence-electron chi connectivity index (χ3n) is 9.56. The lowest BCUT2D eigenvalue weighted by Crippen LogP contribution is -2.51. The number of unbranched alkanes of at least 4 members (excludes halogenated alkanes) is 22. The highest BCUT2D eigenvalue weighted by atomic mass is 16.4. The van der Waals surface area contributed by atoms with Crippen LogP contribution >= 0.6 is 0 Å². The first-order valence-electron chi connectivity index (χ1n) is 19.4. The number of rotatable bonds is 37. The Morgan fingerprint density at radius 3 is 0.891 bits per heavy atom. The molecule has 0 saturated carbocycles. The number of carboxylic acids is 3. The maximum absolute atomic E-state index is 11.0. The van der Waals surface area contributed by atoms with Gasteiger partial charge in [-0.25, -0.2) is 0 Å². The third-order valence-corrected chi connectivity index (χ3v) is 9.56. The van der Waals surface area contributed by atoms with Crippen molar-refractivity contribution in [1.29, 1.82) is 0 Å². The van der Waals surface area contributed by atoms with Crippen LogP contribution < -0.4 is 0 Å². The van der Waals surface area contributed by atoms with Gasteiger partial charge in [0.2, 0.25) is 0 Å². The molecule has 7 heteroatoms. The van der Waals surface area contributed by atoms with Crippen molar-refractivity contribution in [3.8, 4) is 0 Å². The second-order valence-electron chi connectivity index (χ2n) is 13.9. The highest BCUT2D eigenvalue weighted by molar-refractivity contribution is 5.67. The molecular weight excluding hydrogens is 578 g/mol. The molecule has 0 atom stereocenters. The van der Waals surface area contributed by atoms with Gasteiger partial charge in [-0.3, -0.25) is 14.4 Å². The molecule has 0 amide bonds. The second kappa shape index (κ2) is 33.0. The Hall–Kier alpha value is -1.89. The summed E-state index contributed by atoms with van der Waals surface area (Å²) < 4.78 is 0.871. The van der Waals surface area contributed by atoms with Gasteiger partial charge in [-0.05, 0) is 71.1 Å². The summed E-state index contributed by atoms with van der Waals surface area (Å²) in [5, 5.41) is 27.2. The van der Waals surface area contributed by atoms with Crippen molar-refractivity contribution in [2.75, 3.05) is 26.2 Å². The van der Waals surface area contributed by atoms with Crippen LogP contribution in [0.1, 0.15) is 193 Å². The minimum atomic E-state index is -0.765. The summed E-state index contributed by atoms with van der Waals surface area (Å²) in [6.45, 7) is 5.80. The number of hydrogen-bond donors (Lipinski definition) is 3. The monoisotopic (exact) mass is 653 g/mol. The molecule has 0 bridgehead atoms. The molecule has 0 heterocycles. The fourth-order valence-corrected chi connectivity index (χ4v) is 6.72. The molecule has 3 N–H and O–H groups in total. The van der Waals surface area contributed by atoms with Gasteiger partial charge in [0.15, 0.2) is 0 Å². The molecule has 0 aliphatic heterocycles. The minimum Gasteiger partial charge on any atom is -0.481 e. The minimum absolute atomic E-state index is 0.177. The van der Waals surface area contributed by atoms with Gasteiger partial charge in [0.05, 0.1) is 26.2 Å². The molecule has 0 aliphatic rings. The van der Waals surface area contributed by atoms with Crippen LogP contribution in [-0.4, -0.2) is 63.9 Å². The Labute approximate surface area is 283 Å². The third kappa shape index (κ3) is 32.1. The van der Waals surface area contributed by atoms with Gasteiger partial charge < -0.3 is 19.8 Å². The van der Waals surface area contributed by atoms with E-state index in [1.54, 1.807) is 0 Å². The first-order chi connectivity index (χ1) is 22.3. The number of carboxylic acid groups (broad SMARTS) is 3. The molecule has 0 aromatic rings. The number of quaternary nitrogens is 1. The van der Waals surface area contributed by atoms with Crippen molar-refractivity contribution >= 4 is 17.9 Å². The average molecular weight is 653 g/mol. The zero-order chi connectivity index (χ0) is 34.0. The molecule has 0 spiro atoms. The van der Waals surface area contributed by atoms with Gasteiger partial charge in [0.1, 0.15) is 0 Å². The first kappa shape index (κ1) is 44.1. The lowest BCUT2D eigenvalue weighted by molar-refractivity contribution is -0.929. The summed E-state index contributed by atoms with van der Waals surface area (Å²) in [6, 6.07) is 0. The molecule has 0 unspecified atom stereocenters. The number of aliphatic carboxylic acids is 3. The highest BCUT2D eigenvalue weighted by Crippen LogP contribution is 2.20. The largest absolute Gasteiger partial charge is 0.481 e. The molecule has 0 aliphatic carbocycles. The van der Waals surface area contributed by atoms with E-state index in [4.69, 9.17) is 15.3 Å². The van der Waals surface area contributed by atoms with E-state index in [-0.39, 0.29) is 19.3 Å². The number of carbonyl (C=O) groups is 3. The normalized spacial score (nSPS) is 11.8. The summed E-state index contributed by atoms with van der Waals surface area (Å²) in [6.07, 6.45) is 36.3. The van der Waals surface area contributed by atoms with Crippen molar-refractivity contribution in [3.05, 3.63) is 12.2 Å². The molecule has 46 heavy (non-hydrogen) atoms. The van der Waals surface area contributed by atoms with Gasteiger partial charge in [-0.2, -0.15) is 0 Å². The van der Waals surface area contributed by atoms with Crippen LogP contribution in [0.2, 0.25) is 0 Å². The number of nitrogens with zero attached hydrogens (tertiary/aromatic N) is 1. The van der Waals surface area contributed by atoms with E-state index in [2.05, 4.69) is 19.1 Å². The standard InChI is InChI=1S/C39H73NO6/c1-2-3-4-5-6-7-8-9-10-11-12-13-14-15-16-17-18-19-20-21-22-26-33-40(34-27-23-30-37(41)42,35-28-24-31-38(43)44)36-29-25-32-39(45)46/h2-3H,4-36H2,1H3,(H2-,41,42,43,44,45,46)/p+1/b3-2+. The van der Waals surface area contributed by atoms with Crippen LogP contribution in [0.4, 0.5) is 0 Å². The van der Waals surface area contributed by atoms with E-state index in [9.17, 15) is 14.4 Å². The summed E-state index contributed by atoms with van der Waals surface area (Å²) in [4.78, 5) is 33.1. The number of hydrogen-bond acceptors (Lipinski definition) is 3. The summed E-state index contributed by atoms with van der Waals surface area (Å²) in [7, 11) is 0. The summed E-state index contributed by atoms with van der Waals surface area (Å²) in [5.41, 5.74) is 0. The van der Waals surface area contributed by atoms with Gasteiger partial charge in [0, 0.05) is 19.3 Å². The van der Waals surface area contributed by atoms with Crippen LogP contribution in [0.5, 0.6) is 0 Å². The van der Waals surface area contributed by atoms with Crippen LogP contribution in [0.3, 0.4) is 0 Å². The van der Waals surface area contributed by atoms with E-state index in [1.165, 1.54) is 122 Å². The van der Waals surface area contributed by atoms with Crippen molar-refractivity contribution in [2.45, 2.75) is 193 Å². The molecule has 7 nitrogen and oxygen atoms in total. The Morgan fingerprint density at radius 2 is 0.630 bits per heavy atom. The van der Waals surface area contributed by atoms with Crippen molar-refractivity contribution in [3.63, 3.8) is 0 Å². The highest BCUT2D eigenvalue weighted by Gasteiger charge is 2.26. The zero-order valence-electron chi connectivity index (χ0n) is 30.0. The molecule has 0 radical (unpaired) electrons. The molecule has 270 valence electrons. The van der Waals surface area contributed by atoms with Crippen molar-refractivity contribution in [1.82, 2.24) is 0 Å². The molecule has 0 aromatic carbocycles. The van der Waals surface area contributed by atoms with E-state index in [0.29, 0.717) is 19.3 Å². The molecule has 0 fully saturated rings. The first-order valence-corrected chi connectivity index (χ1v) is 19.4. The maximum atomic E-state index is 11.0. The Balaban J connectivity index is 4.12. The lowest BCUT2D eigenvalue weighted by atomic mass is 10.0. The predicted octanol–water partition coefficient (Wildman–Crippen LogP) is 10.9. The van der Waals surface area contributed by atoms with Crippen LogP contribution in [0.25, 0.3) is 0 Å². The van der Waals surface area contributed by atoms with Gasteiger partial charge in [-0.1, -0.05) is 115 Å². The van der Waals surface area contributed by atoms with Crippen molar-refractivity contribution < 1.29 is 34.2 Å². The molecule has 0 saturated heterocycles. The molecular formula is C39H74NO6+. The van der Waals surface area contributed by atoms with E-state index >= 15 is 0 Å². The smallest absolute Gasteiger partial charge is 0.303 e. The topological polar surface area (TPSA) is 112 Å². The van der Waals surface area contributed by atoms with Crippen molar-refractivity contribution in [2.24, 2.45) is 0 Å². The Bertz CT molecular complexity index is 698. The Morgan fingerprint density at radius 1 is 0.391 bits per heavy atom. The zero-order valence-corrected chi connectivity index (χ0v) is 30.0. The number of allylic oxidation sites excluding steroid dienone is 2. The fraction of sp³-hybridized carbons (Fsp3) is 0.872. The molecule has 0 aromatic heterocycles. The predicted molar refractivity (Wildman–Crippen MR) is 191 cm³/mol. The van der Waals surface area contributed by atoms with Gasteiger partial charge in [0.25, 0.3) is 0 Å². The van der Waals surface area contributed by atoms with Crippen LogP contribution in [0.15, 0.2) is 12.2 Å². The van der Waals surface area contributed by atoms with E-state index in [1.807, 2.05) is 0 Å². The second-order valence-corrected chi connectivity index (χ2v) is 13.9. The summed E-state index contributed by atoms with van der Waals surface area (Å²) >= 11 is 0. The van der Waals surface area contributed by atoms with Crippen LogP contribution in [-0.2, 0) is 14.4 Å². The SMILES string of the molecule is C/C=C/CCCCCCCCCCCCCCCCCCCCC[N+](CCCCC(=O)O)(CCCCC(=O)O)CCCCC(=O)O. The van der Waals surface area contributed by atoms with Gasteiger partial charge in [-0.15, -0.1) is 0 Å². The lowest BCUT2D eigenvalue weighted by Gasteiger charge is -2.39. The Kier molecular flexibility index (Phi) is 31.7. The van der Waals surface area contributed by atoms with Gasteiger partial charge >= 0.3 is 17.9 Å². The van der Waals surface area contributed by atoms with Crippen LogP contribution in [0, 0.1) is 0 Å². The fourth-order valence-electron chi connectivity index (χ4n) is 6.72. The summed E-state index contributed by atoms with van der Waals surface area (Å²) in [5.74, 6) is -2.29. The average Bonchev–Trinajstić information content (AvgIpc) is 3.02. The van der Waals surface area contributed by atoms with E-state index in [0.717, 1.165) is 56.3 Å².